The summed E-state index contributed by atoms with van der Waals surface area (Å²) in [6.45, 7) is 8.37. The molecule has 1 aromatic heterocycles. The third kappa shape index (κ3) is 5.02. The van der Waals surface area contributed by atoms with Crippen molar-refractivity contribution in [1.82, 2.24) is 20.0 Å². The van der Waals surface area contributed by atoms with Crippen LogP contribution in [0.1, 0.15) is 68.6 Å². The zero-order valence-corrected chi connectivity index (χ0v) is 17.3. The summed E-state index contributed by atoms with van der Waals surface area (Å²) in [5.74, 6) is 0.296. The lowest BCUT2D eigenvalue weighted by Crippen LogP contribution is -2.46. The van der Waals surface area contributed by atoms with Crippen LogP contribution in [0.15, 0.2) is 6.07 Å². The van der Waals surface area contributed by atoms with E-state index in [1.54, 1.807) is 4.90 Å². The van der Waals surface area contributed by atoms with Crippen molar-refractivity contribution in [2.45, 2.75) is 57.9 Å². The number of piperidine rings is 1. The summed E-state index contributed by atoms with van der Waals surface area (Å²) < 4.78 is 2.01. The maximum atomic E-state index is 13.0. The number of halogens is 1. The van der Waals surface area contributed by atoms with Crippen LogP contribution in [0.4, 0.5) is 0 Å². The number of aromatic nitrogens is 2. The van der Waals surface area contributed by atoms with Gasteiger partial charge in [0, 0.05) is 37.8 Å². The van der Waals surface area contributed by atoms with E-state index in [2.05, 4.69) is 31.2 Å². The molecule has 1 saturated carbocycles. The van der Waals surface area contributed by atoms with Gasteiger partial charge in [-0.25, -0.2) is 0 Å². The van der Waals surface area contributed by atoms with Gasteiger partial charge in [-0.3, -0.25) is 14.3 Å². The molecule has 0 bridgehead atoms. The fourth-order valence-corrected chi connectivity index (χ4v) is 3.58. The second-order valence-corrected chi connectivity index (χ2v) is 8.48. The zero-order valence-electron chi connectivity index (χ0n) is 16.5. The summed E-state index contributed by atoms with van der Waals surface area (Å²) in [4.78, 5) is 27.0. The Hall–Kier alpha value is -1.60. The highest BCUT2D eigenvalue weighted by Crippen LogP contribution is 2.41. The predicted molar refractivity (Wildman–Crippen MR) is 107 cm³/mol. The van der Waals surface area contributed by atoms with Gasteiger partial charge in [0.1, 0.15) is 0 Å². The molecule has 27 heavy (non-hydrogen) atoms. The van der Waals surface area contributed by atoms with Crippen molar-refractivity contribution >= 4 is 24.2 Å². The lowest BCUT2D eigenvalue weighted by molar-refractivity contribution is -0.126. The molecule has 1 aliphatic carbocycles. The number of carbonyl (C=O) groups excluding carboxylic acids is 2. The number of nitrogens with zero attached hydrogens (tertiary/aromatic N) is 3. The Morgan fingerprint density at radius 2 is 2.00 bits per heavy atom. The number of amides is 2. The van der Waals surface area contributed by atoms with E-state index in [-0.39, 0.29) is 35.7 Å². The minimum atomic E-state index is -0.160. The molecular formula is C19H32ClN5O2. The highest BCUT2D eigenvalue weighted by atomic mass is 35.5. The normalized spacial score (nSPS) is 20.1. The van der Waals surface area contributed by atoms with Crippen LogP contribution in [0.3, 0.4) is 0 Å². The minimum absolute atomic E-state index is 0. The topological polar surface area (TPSA) is 93.2 Å². The molecule has 2 amide bonds. The first-order valence-electron chi connectivity index (χ1n) is 9.68. The van der Waals surface area contributed by atoms with Gasteiger partial charge in [-0.05, 0) is 52.5 Å². The SMILES string of the molecule is CC(C)(C)n1nc(C(=O)N2CCCC(C(=O)NCCN)C2)cc1C1CC1.Cl. The van der Waals surface area contributed by atoms with E-state index in [9.17, 15) is 9.59 Å². The van der Waals surface area contributed by atoms with Crippen LogP contribution in [0.25, 0.3) is 0 Å². The fraction of sp³-hybridized carbons (Fsp3) is 0.737. The third-order valence-corrected chi connectivity index (χ3v) is 5.11. The van der Waals surface area contributed by atoms with Crippen LogP contribution in [0, 0.1) is 5.92 Å². The van der Waals surface area contributed by atoms with E-state index in [1.807, 2.05) is 10.7 Å². The van der Waals surface area contributed by atoms with Gasteiger partial charge < -0.3 is 16.0 Å². The van der Waals surface area contributed by atoms with Crippen molar-refractivity contribution in [1.29, 1.82) is 0 Å². The first-order valence-corrected chi connectivity index (χ1v) is 9.68. The summed E-state index contributed by atoms with van der Waals surface area (Å²) in [5.41, 5.74) is 6.97. The van der Waals surface area contributed by atoms with Gasteiger partial charge in [0.05, 0.1) is 11.5 Å². The summed E-state index contributed by atoms with van der Waals surface area (Å²) in [5, 5.41) is 7.48. The molecule has 152 valence electrons. The van der Waals surface area contributed by atoms with Crippen molar-refractivity contribution < 1.29 is 9.59 Å². The van der Waals surface area contributed by atoms with Crippen LogP contribution in [-0.4, -0.2) is 52.7 Å². The van der Waals surface area contributed by atoms with Crippen LogP contribution < -0.4 is 11.1 Å². The Labute approximate surface area is 167 Å². The maximum Gasteiger partial charge on any atom is 0.274 e. The quantitative estimate of drug-likeness (QED) is 0.793. The van der Waals surface area contributed by atoms with Gasteiger partial charge in [-0.1, -0.05) is 0 Å². The van der Waals surface area contributed by atoms with Crippen LogP contribution in [0.2, 0.25) is 0 Å². The minimum Gasteiger partial charge on any atom is -0.355 e. The largest absolute Gasteiger partial charge is 0.355 e. The van der Waals surface area contributed by atoms with Crippen LogP contribution in [0.5, 0.6) is 0 Å². The summed E-state index contributed by atoms with van der Waals surface area (Å²) in [6.07, 6.45) is 3.98. The number of nitrogens with one attached hydrogen (secondary N) is 1. The molecule has 8 heteroatoms. The molecule has 3 rings (SSSR count). The Bertz CT molecular complexity index is 678. The van der Waals surface area contributed by atoms with Crippen molar-refractivity contribution in [3.63, 3.8) is 0 Å². The van der Waals surface area contributed by atoms with Crippen LogP contribution >= 0.6 is 12.4 Å². The highest BCUT2D eigenvalue weighted by Gasteiger charge is 2.35. The molecule has 1 aromatic rings. The van der Waals surface area contributed by atoms with Gasteiger partial charge >= 0.3 is 0 Å². The summed E-state index contributed by atoms with van der Waals surface area (Å²) in [7, 11) is 0. The van der Waals surface area contributed by atoms with Crippen LogP contribution in [-0.2, 0) is 10.3 Å². The molecule has 1 atom stereocenters. The molecule has 3 N–H and O–H groups in total. The summed E-state index contributed by atoms with van der Waals surface area (Å²) in [6, 6.07) is 1.96. The third-order valence-electron chi connectivity index (χ3n) is 5.11. The first kappa shape index (κ1) is 21.7. The Kier molecular flexibility index (Phi) is 6.92. The molecule has 0 spiro atoms. The smallest absolute Gasteiger partial charge is 0.274 e. The van der Waals surface area contributed by atoms with Crippen molar-refractivity contribution in [3.8, 4) is 0 Å². The maximum absolute atomic E-state index is 13.0. The van der Waals surface area contributed by atoms with E-state index in [0.29, 0.717) is 37.8 Å². The van der Waals surface area contributed by atoms with E-state index < -0.39 is 0 Å². The lowest BCUT2D eigenvalue weighted by Gasteiger charge is -2.31. The van der Waals surface area contributed by atoms with Gasteiger partial charge in [0.15, 0.2) is 5.69 Å². The molecule has 1 saturated heterocycles. The van der Waals surface area contributed by atoms with E-state index in [1.165, 1.54) is 12.8 Å². The fourth-order valence-electron chi connectivity index (χ4n) is 3.58. The lowest BCUT2D eigenvalue weighted by atomic mass is 9.97. The predicted octanol–water partition coefficient (Wildman–Crippen LogP) is 1.86. The average molecular weight is 398 g/mol. The molecule has 1 aliphatic heterocycles. The molecule has 2 heterocycles. The second-order valence-electron chi connectivity index (χ2n) is 8.48. The van der Waals surface area contributed by atoms with Gasteiger partial charge in [-0.15, -0.1) is 12.4 Å². The first-order chi connectivity index (χ1) is 12.3. The molecular weight excluding hydrogens is 366 g/mol. The van der Waals surface area contributed by atoms with E-state index in [4.69, 9.17) is 5.73 Å². The number of nitrogens with two attached hydrogens (primary N) is 1. The molecule has 2 aliphatic rings. The molecule has 1 unspecified atom stereocenters. The molecule has 2 fully saturated rings. The average Bonchev–Trinajstić information content (AvgIpc) is 3.36. The van der Waals surface area contributed by atoms with Crippen molar-refractivity contribution in [3.05, 3.63) is 17.5 Å². The van der Waals surface area contributed by atoms with Gasteiger partial charge in [0.2, 0.25) is 5.91 Å². The molecule has 0 radical (unpaired) electrons. The van der Waals surface area contributed by atoms with Gasteiger partial charge in [0.25, 0.3) is 5.91 Å². The van der Waals surface area contributed by atoms with E-state index >= 15 is 0 Å². The van der Waals surface area contributed by atoms with Gasteiger partial charge in [-0.2, -0.15) is 5.10 Å². The van der Waals surface area contributed by atoms with Crippen molar-refractivity contribution in [2.75, 3.05) is 26.2 Å². The van der Waals surface area contributed by atoms with E-state index in [0.717, 1.165) is 18.5 Å². The monoisotopic (exact) mass is 397 g/mol. The molecule has 7 nitrogen and oxygen atoms in total. The Morgan fingerprint density at radius 1 is 1.30 bits per heavy atom. The number of carbonyl (C=O) groups is 2. The standard InChI is InChI=1S/C19H31N5O2.ClH/c1-19(2,3)24-16(13-6-7-13)11-15(22-24)18(26)23-10-4-5-14(12-23)17(25)21-9-8-20;/h11,13-14H,4-10,12,20H2,1-3H3,(H,21,25);1H. The number of likely N-dealkylation sites (tertiary alicyclic amines) is 1. The highest BCUT2D eigenvalue weighted by molar-refractivity contribution is 5.93. The second kappa shape index (κ2) is 8.61. The number of hydrogen-bond acceptors (Lipinski definition) is 4. The summed E-state index contributed by atoms with van der Waals surface area (Å²) >= 11 is 0. The zero-order chi connectivity index (χ0) is 18.9. The molecule has 0 aromatic carbocycles. The Balaban J connectivity index is 0.00000261. The number of hydrogen-bond donors (Lipinski definition) is 2. The Morgan fingerprint density at radius 3 is 2.59 bits per heavy atom. The van der Waals surface area contributed by atoms with Crippen molar-refractivity contribution in [2.24, 2.45) is 11.7 Å². The number of rotatable bonds is 5.